The minimum Gasteiger partial charge on any atom is -0.458 e. The quantitative estimate of drug-likeness (QED) is 0.567. The van der Waals surface area contributed by atoms with Gasteiger partial charge in [-0.2, -0.15) is 0 Å². The van der Waals surface area contributed by atoms with Gasteiger partial charge in [0, 0.05) is 29.6 Å². The third-order valence-electron chi connectivity index (χ3n) is 11.1. The zero-order valence-corrected chi connectivity index (χ0v) is 22.2. The van der Waals surface area contributed by atoms with Crippen LogP contribution >= 0.6 is 0 Å². The number of aliphatic hydroxyl groups excluding tert-OH is 1. The molecule has 4 saturated carbocycles. The van der Waals surface area contributed by atoms with Crippen molar-refractivity contribution < 1.29 is 33.7 Å². The van der Waals surface area contributed by atoms with E-state index in [0.29, 0.717) is 12.8 Å². The summed E-state index contributed by atoms with van der Waals surface area (Å²) in [5, 5.41) is 11.8. The van der Waals surface area contributed by atoms with E-state index in [0.717, 1.165) is 44.1 Å². The van der Waals surface area contributed by atoms with E-state index in [1.807, 2.05) is 6.08 Å². The van der Waals surface area contributed by atoms with Crippen LogP contribution in [0.15, 0.2) is 23.8 Å². The summed E-state index contributed by atoms with van der Waals surface area (Å²) < 4.78 is 18.7. The molecule has 1 aliphatic heterocycles. The standard InChI is InChI=1S/C30H40O7/c1-17(31)35-16-24(34)30-25(36-27(37-30)18-7-5-4-6-8-18)14-22-21-10-9-19-13-20(32)11-12-28(19,2)26(21)23(33)15-29(22,30)3/h11-13,18,21-23,25-27,33H,4-10,14-16H2,1-3H3/t21?,22?,23?,25-,26?,27?,28+,29+,30?/m1/s1. The lowest BCUT2D eigenvalue weighted by atomic mass is 9.46. The zero-order chi connectivity index (χ0) is 26.2. The molecular weight excluding hydrogens is 472 g/mol. The fourth-order valence-electron chi connectivity index (χ4n) is 9.49. The molecule has 9 atom stereocenters. The number of ketones is 2. The van der Waals surface area contributed by atoms with Crippen molar-refractivity contribution >= 4 is 17.5 Å². The second-order valence-corrected chi connectivity index (χ2v) is 12.9. The van der Waals surface area contributed by atoms with Crippen molar-refractivity contribution in [2.45, 2.75) is 103 Å². The van der Waals surface area contributed by atoms with E-state index in [4.69, 9.17) is 14.2 Å². The first-order chi connectivity index (χ1) is 17.6. The molecule has 1 heterocycles. The number of aliphatic hydroxyl groups is 1. The number of allylic oxidation sites excluding steroid dienone is 4. The fourth-order valence-corrected chi connectivity index (χ4v) is 9.49. The third kappa shape index (κ3) is 3.60. The van der Waals surface area contributed by atoms with Crippen molar-refractivity contribution in [1.29, 1.82) is 0 Å². The molecule has 1 N–H and O–H groups in total. The van der Waals surface area contributed by atoms with Gasteiger partial charge >= 0.3 is 5.97 Å². The summed E-state index contributed by atoms with van der Waals surface area (Å²) in [5.41, 5.74) is -1.16. The Morgan fingerprint density at radius 1 is 1.16 bits per heavy atom. The van der Waals surface area contributed by atoms with Crippen LogP contribution in [0.1, 0.15) is 78.6 Å². The molecule has 7 nitrogen and oxygen atoms in total. The average Bonchev–Trinajstić information content (AvgIpc) is 3.36. The predicted molar refractivity (Wildman–Crippen MR) is 134 cm³/mol. The van der Waals surface area contributed by atoms with Gasteiger partial charge in [0.25, 0.3) is 0 Å². The summed E-state index contributed by atoms with van der Waals surface area (Å²) in [7, 11) is 0. The minimum atomic E-state index is -1.24. The Balaban J connectivity index is 1.37. The van der Waals surface area contributed by atoms with Crippen molar-refractivity contribution in [1.82, 2.24) is 0 Å². The third-order valence-corrected chi connectivity index (χ3v) is 11.1. The molecule has 0 aromatic carbocycles. The highest BCUT2D eigenvalue weighted by molar-refractivity contribution is 6.01. The van der Waals surface area contributed by atoms with Gasteiger partial charge in [-0.25, -0.2) is 0 Å². The fraction of sp³-hybridized carbons (Fsp3) is 0.767. The molecule has 0 bridgehead atoms. The van der Waals surface area contributed by atoms with E-state index in [1.54, 1.807) is 12.2 Å². The van der Waals surface area contributed by atoms with Gasteiger partial charge in [0.05, 0.1) is 12.2 Å². The average molecular weight is 513 g/mol. The van der Waals surface area contributed by atoms with Gasteiger partial charge in [0.1, 0.15) is 0 Å². The van der Waals surface area contributed by atoms with E-state index in [9.17, 15) is 19.5 Å². The van der Waals surface area contributed by atoms with Crippen LogP contribution in [-0.4, -0.2) is 53.3 Å². The first-order valence-corrected chi connectivity index (χ1v) is 14.2. The zero-order valence-electron chi connectivity index (χ0n) is 22.2. The van der Waals surface area contributed by atoms with Crippen molar-refractivity contribution in [2.75, 3.05) is 6.61 Å². The van der Waals surface area contributed by atoms with Crippen molar-refractivity contribution in [3.05, 3.63) is 23.8 Å². The number of carbonyl (C=O) groups is 3. The number of fused-ring (bicyclic) bond motifs is 7. The largest absolute Gasteiger partial charge is 0.458 e. The summed E-state index contributed by atoms with van der Waals surface area (Å²) in [6.45, 7) is 5.22. The monoisotopic (exact) mass is 512 g/mol. The van der Waals surface area contributed by atoms with E-state index < -0.39 is 35.5 Å². The molecule has 6 rings (SSSR count). The summed E-state index contributed by atoms with van der Waals surface area (Å²) in [4.78, 5) is 37.8. The number of hydrogen-bond acceptors (Lipinski definition) is 7. The molecule has 0 aromatic heterocycles. The number of rotatable bonds is 4. The summed E-state index contributed by atoms with van der Waals surface area (Å²) >= 11 is 0. The molecule has 5 aliphatic carbocycles. The second kappa shape index (κ2) is 8.85. The molecule has 6 unspecified atom stereocenters. The Labute approximate surface area is 219 Å². The van der Waals surface area contributed by atoms with Crippen molar-refractivity contribution in [3.8, 4) is 0 Å². The van der Waals surface area contributed by atoms with Crippen LogP contribution in [-0.2, 0) is 28.6 Å². The van der Waals surface area contributed by atoms with Crippen LogP contribution in [0.25, 0.3) is 0 Å². The van der Waals surface area contributed by atoms with E-state index in [1.165, 1.54) is 13.3 Å². The molecule has 0 aromatic rings. The summed E-state index contributed by atoms with van der Waals surface area (Å²) in [6, 6.07) is 0. The predicted octanol–water partition coefficient (Wildman–Crippen LogP) is 4.07. The van der Waals surface area contributed by atoms with Gasteiger partial charge in [-0.05, 0) is 62.5 Å². The van der Waals surface area contributed by atoms with Crippen LogP contribution in [0.2, 0.25) is 0 Å². The van der Waals surface area contributed by atoms with E-state index >= 15 is 0 Å². The van der Waals surface area contributed by atoms with Gasteiger partial charge in [-0.1, -0.05) is 44.8 Å². The first-order valence-electron chi connectivity index (χ1n) is 14.2. The molecule has 1 saturated heterocycles. The van der Waals surface area contributed by atoms with Gasteiger partial charge in [-0.3, -0.25) is 14.4 Å². The molecule has 7 heteroatoms. The number of Topliss-reactive ketones (excluding diaryl/α,β-unsaturated/α-hetero) is 1. The number of esters is 1. The maximum absolute atomic E-state index is 14.0. The SMILES string of the molecule is CC(=O)OCC(=O)C12OC(C3CCCCC3)O[C@@H]1CC1C3CCC4=CC(=O)C=C[C@]4(C)C3C(O)C[C@@]12C. The Morgan fingerprint density at radius 2 is 1.92 bits per heavy atom. The van der Waals surface area contributed by atoms with Gasteiger partial charge in [0.2, 0.25) is 5.78 Å². The molecule has 202 valence electrons. The van der Waals surface area contributed by atoms with Gasteiger partial charge < -0.3 is 19.3 Å². The number of carbonyl (C=O) groups excluding carboxylic acids is 3. The van der Waals surface area contributed by atoms with Gasteiger partial charge in [0.15, 0.2) is 24.3 Å². The van der Waals surface area contributed by atoms with E-state index in [-0.39, 0.29) is 47.3 Å². The molecule has 0 spiro atoms. The molecule has 37 heavy (non-hydrogen) atoms. The minimum absolute atomic E-state index is 0.0158. The Morgan fingerprint density at radius 3 is 2.65 bits per heavy atom. The van der Waals surface area contributed by atoms with Crippen LogP contribution < -0.4 is 0 Å². The molecule has 6 aliphatic rings. The highest BCUT2D eigenvalue weighted by atomic mass is 16.7. The highest BCUT2D eigenvalue weighted by Gasteiger charge is 2.76. The summed E-state index contributed by atoms with van der Waals surface area (Å²) in [5.74, 6) is -0.224. The topological polar surface area (TPSA) is 99.1 Å². The molecule has 5 fully saturated rings. The molecule has 0 radical (unpaired) electrons. The van der Waals surface area contributed by atoms with Crippen LogP contribution in [0.3, 0.4) is 0 Å². The lowest BCUT2D eigenvalue weighted by Crippen LogP contribution is -2.63. The van der Waals surface area contributed by atoms with Crippen LogP contribution in [0.5, 0.6) is 0 Å². The smallest absolute Gasteiger partial charge is 0.303 e. The maximum atomic E-state index is 14.0. The number of hydrogen-bond donors (Lipinski definition) is 1. The Bertz CT molecular complexity index is 1060. The lowest BCUT2D eigenvalue weighted by Gasteiger charge is -2.59. The Kier molecular flexibility index (Phi) is 6.09. The van der Waals surface area contributed by atoms with Crippen LogP contribution in [0, 0.1) is 34.5 Å². The normalized spacial score (nSPS) is 46.9. The molecular formula is C30H40O7. The lowest BCUT2D eigenvalue weighted by molar-refractivity contribution is -0.210. The Hall–Kier alpha value is -1.83. The second-order valence-electron chi connectivity index (χ2n) is 12.9. The van der Waals surface area contributed by atoms with Crippen molar-refractivity contribution in [2.24, 2.45) is 34.5 Å². The molecule has 0 amide bonds. The first kappa shape index (κ1) is 25.4. The van der Waals surface area contributed by atoms with Crippen LogP contribution in [0.4, 0.5) is 0 Å². The maximum Gasteiger partial charge on any atom is 0.303 e. The van der Waals surface area contributed by atoms with Gasteiger partial charge in [-0.15, -0.1) is 0 Å². The highest BCUT2D eigenvalue weighted by Crippen LogP contribution is 2.70. The number of ether oxygens (including phenoxy) is 3. The summed E-state index contributed by atoms with van der Waals surface area (Å²) in [6.07, 6.45) is 12.2. The van der Waals surface area contributed by atoms with Crippen molar-refractivity contribution in [3.63, 3.8) is 0 Å². The van der Waals surface area contributed by atoms with E-state index in [2.05, 4.69) is 13.8 Å².